The van der Waals surface area contributed by atoms with Gasteiger partial charge in [0, 0.05) is 25.5 Å². The molecule has 0 radical (unpaired) electrons. The molecule has 1 amide bonds. The zero-order chi connectivity index (χ0) is 13.9. The second-order valence-electron chi connectivity index (χ2n) is 5.34. The van der Waals surface area contributed by atoms with E-state index in [2.05, 4.69) is 4.98 Å². The highest BCUT2D eigenvalue weighted by Gasteiger charge is 2.44. The molecule has 0 bridgehead atoms. The maximum Gasteiger partial charge on any atom is 0.229 e. The molecule has 0 N–H and O–H groups in total. The molecule has 0 aromatic carbocycles. The molecular formula is C15H20N2O3. The van der Waals surface area contributed by atoms with Crippen molar-refractivity contribution in [3.05, 3.63) is 30.1 Å². The molecule has 108 valence electrons. The standard InChI is InChI=1S/C15H20N2O3/c1-19-13-6-5-12-15(13)20-9-8-17(12)14(18)10-11-4-2-3-7-16-11/h2-4,7,12-13,15H,5-6,8-10H2,1H3/t12-,13+,15+/m0/s1. The summed E-state index contributed by atoms with van der Waals surface area (Å²) in [6.45, 7) is 1.26. The number of methoxy groups -OCH3 is 1. The van der Waals surface area contributed by atoms with E-state index in [0.717, 1.165) is 18.5 Å². The van der Waals surface area contributed by atoms with Gasteiger partial charge in [-0.05, 0) is 25.0 Å². The third kappa shape index (κ3) is 2.55. The average Bonchev–Trinajstić information content (AvgIpc) is 2.91. The summed E-state index contributed by atoms with van der Waals surface area (Å²) in [5.41, 5.74) is 0.821. The predicted molar refractivity (Wildman–Crippen MR) is 73.2 cm³/mol. The van der Waals surface area contributed by atoms with Gasteiger partial charge in [0.1, 0.15) is 6.10 Å². The lowest BCUT2D eigenvalue weighted by atomic mass is 10.1. The summed E-state index contributed by atoms with van der Waals surface area (Å²) >= 11 is 0. The minimum atomic E-state index is 0.0291. The molecule has 2 aliphatic rings. The van der Waals surface area contributed by atoms with Crippen LogP contribution in [0.1, 0.15) is 18.5 Å². The van der Waals surface area contributed by atoms with Crippen molar-refractivity contribution in [2.45, 2.75) is 37.5 Å². The number of amides is 1. The maximum absolute atomic E-state index is 12.5. The van der Waals surface area contributed by atoms with Crippen LogP contribution in [-0.2, 0) is 20.7 Å². The van der Waals surface area contributed by atoms with Crippen LogP contribution < -0.4 is 0 Å². The van der Waals surface area contributed by atoms with Crippen molar-refractivity contribution in [3.8, 4) is 0 Å². The zero-order valence-electron chi connectivity index (χ0n) is 11.7. The van der Waals surface area contributed by atoms with Crippen LogP contribution in [0, 0.1) is 0 Å². The molecule has 0 unspecified atom stereocenters. The summed E-state index contributed by atoms with van der Waals surface area (Å²) in [6, 6.07) is 5.82. The van der Waals surface area contributed by atoms with E-state index in [-0.39, 0.29) is 24.2 Å². The Balaban J connectivity index is 1.68. The second-order valence-corrected chi connectivity index (χ2v) is 5.34. The van der Waals surface area contributed by atoms with Gasteiger partial charge in [0.2, 0.25) is 5.91 Å². The lowest BCUT2D eigenvalue weighted by Gasteiger charge is -2.38. The number of morpholine rings is 1. The molecule has 5 nitrogen and oxygen atoms in total. The molecular weight excluding hydrogens is 256 g/mol. The predicted octanol–water partition coefficient (Wildman–Crippen LogP) is 1.03. The summed E-state index contributed by atoms with van der Waals surface area (Å²) in [7, 11) is 1.71. The molecule has 2 fully saturated rings. The molecule has 1 aliphatic heterocycles. The van der Waals surface area contributed by atoms with Gasteiger partial charge in [-0.25, -0.2) is 0 Å². The minimum Gasteiger partial charge on any atom is -0.379 e. The number of fused-ring (bicyclic) bond motifs is 1. The number of rotatable bonds is 3. The number of hydrogen-bond donors (Lipinski definition) is 0. The fourth-order valence-electron chi connectivity index (χ4n) is 3.24. The lowest BCUT2D eigenvalue weighted by Crippen LogP contribution is -2.54. The third-order valence-electron chi connectivity index (χ3n) is 4.22. The zero-order valence-corrected chi connectivity index (χ0v) is 11.7. The van der Waals surface area contributed by atoms with Crippen molar-refractivity contribution in [1.82, 2.24) is 9.88 Å². The van der Waals surface area contributed by atoms with E-state index in [1.54, 1.807) is 13.3 Å². The lowest BCUT2D eigenvalue weighted by molar-refractivity contribution is -0.149. The van der Waals surface area contributed by atoms with Crippen LogP contribution in [0.3, 0.4) is 0 Å². The first-order chi connectivity index (χ1) is 9.79. The Bertz CT molecular complexity index is 465. The Kier molecular flexibility index (Phi) is 3.98. The van der Waals surface area contributed by atoms with Gasteiger partial charge in [0.05, 0.1) is 25.2 Å². The molecule has 1 aliphatic carbocycles. The smallest absolute Gasteiger partial charge is 0.229 e. The normalized spacial score (nSPS) is 29.2. The van der Waals surface area contributed by atoms with Crippen molar-refractivity contribution in [1.29, 1.82) is 0 Å². The Hall–Kier alpha value is -1.46. The van der Waals surface area contributed by atoms with Crippen LogP contribution >= 0.6 is 0 Å². The summed E-state index contributed by atoms with van der Waals surface area (Å²) in [5.74, 6) is 0.138. The third-order valence-corrected chi connectivity index (χ3v) is 4.22. The summed E-state index contributed by atoms with van der Waals surface area (Å²) in [4.78, 5) is 18.7. The maximum atomic E-state index is 12.5. The summed E-state index contributed by atoms with van der Waals surface area (Å²) in [5, 5.41) is 0. The molecule has 1 aromatic heterocycles. The van der Waals surface area contributed by atoms with E-state index >= 15 is 0 Å². The largest absolute Gasteiger partial charge is 0.379 e. The van der Waals surface area contributed by atoms with Gasteiger partial charge in [0.25, 0.3) is 0 Å². The number of hydrogen-bond acceptors (Lipinski definition) is 4. The topological polar surface area (TPSA) is 51.7 Å². The monoisotopic (exact) mass is 276 g/mol. The molecule has 0 spiro atoms. The first-order valence-corrected chi connectivity index (χ1v) is 7.13. The fraction of sp³-hybridized carbons (Fsp3) is 0.600. The molecule has 1 saturated carbocycles. The van der Waals surface area contributed by atoms with Gasteiger partial charge >= 0.3 is 0 Å². The highest BCUT2D eigenvalue weighted by atomic mass is 16.5. The molecule has 20 heavy (non-hydrogen) atoms. The number of carbonyl (C=O) groups excluding carboxylic acids is 1. The molecule has 3 rings (SSSR count). The Morgan fingerprint density at radius 3 is 3.15 bits per heavy atom. The van der Waals surface area contributed by atoms with Crippen LogP contribution in [0.5, 0.6) is 0 Å². The van der Waals surface area contributed by atoms with Crippen molar-refractivity contribution in [3.63, 3.8) is 0 Å². The Morgan fingerprint density at radius 2 is 2.40 bits per heavy atom. The number of ether oxygens (including phenoxy) is 2. The Labute approximate surface area is 118 Å². The highest BCUT2D eigenvalue weighted by Crippen LogP contribution is 2.32. The second kappa shape index (κ2) is 5.89. The number of nitrogens with zero attached hydrogens (tertiary/aromatic N) is 2. The van der Waals surface area contributed by atoms with E-state index < -0.39 is 0 Å². The van der Waals surface area contributed by atoms with Crippen molar-refractivity contribution >= 4 is 5.91 Å². The first kappa shape index (κ1) is 13.5. The molecule has 2 heterocycles. The average molecular weight is 276 g/mol. The van der Waals surface area contributed by atoms with Crippen LogP contribution in [0.4, 0.5) is 0 Å². The van der Waals surface area contributed by atoms with E-state index in [1.165, 1.54) is 0 Å². The minimum absolute atomic E-state index is 0.0291. The van der Waals surface area contributed by atoms with E-state index in [1.807, 2.05) is 23.1 Å². The van der Waals surface area contributed by atoms with Gasteiger partial charge in [-0.1, -0.05) is 6.07 Å². The highest BCUT2D eigenvalue weighted by molar-refractivity contribution is 5.79. The van der Waals surface area contributed by atoms with Crippen LogP contribution in [-0.4, -0.2) is 54.3 Å². The number of carbonyl (C=O) groups is 1. The van der Waals surface area contributed by atoms with Crippen LogP contribution in [0.25, 0.3) is 0 Å². The molecule has 1 saturated heterocycles. The summed E-state index contributed by atoms with van der Waals surface area (Å²) in [6.07, 6.45) is 4.14. The quantitative estimate of drug-likeness (QED) is 0.827. The van der Waals surface area contributed by atoms with Crippen LogP contribution in [0.15, 0.2) is 24.4 Å². The van der Waals surface area contributed by atoms with Crippen molar-refractivity contribution < 1.29 is 14.3 Å². The van der Waals surface area contributed by atoms with Gasteiger partial charge in [-0.3, -0.25) is 9.78 Å². The van der Waals surface area contributed by atoms with E-state index in [4.69, 9.17) is 9.47 Å². The molecule has 5 heteroatoms. The molecule has 3 atom stereocenters. The first-order valence-electron chi connectivity index (χ1n) is 7.13. The van der Waals surface area contributed by atoms with Crippen molar-refractivity contribution in [2.24, 2.45) is 0 Å². The number of aromatic nitrogens is 1. The van der Waals surface area contributed by atoms with E-state index in [0.29, 0.717) is 19.6 Å². The van der Waals surface area contributed by atoms with Crippen molar-refractivity contribution in [2.75, 3.05) is 20.3 Å². The Morgan fingerprint density at radius 1 is 1.50 bits per heavy atom. The SMILES string of the molecule is CO[C@@H]1CC[C@H]2[C@H]1OCCN2C(=O)Cc1ccccn1. The van der Waals surface area contributed by atoms with Gasteiger partial charge in [0.15, 0.2) is 0 Å². The number of pyridine rings is 1. The van der Waals surface area contributed by atoms with Gasteiger partial charge < -0.3 is 14.4 Å². The fourth-order valence-corrected chi connectivity index (χ4v) is 3.24. The molecule has 1 aromatic rings. The van der Waals surface area contributed by atoms with Crippen LogP contribution in [0.2, 0.25) is 0 Å². The van der Waals surface area contributed by atoms with Gasteiger partial charge in [-0.15, -0.1) is 0 Å². The van der Waals surface area contributed by atoms with E-state index in [9.17, 15) is 4.79 Å². The van der Waals surface area contributed by atoms with Gasteiger partial charge in [-0.2, -0.15) is 0 Å². The summed E-state index contributed by atoms with van der Waals surface area (Å²) < 4.78 is 11.3.